The summed E-state index contributed by atoms with van der Waals surface area (Å²) in [7, 11) is -16.8. The summed E-state index contributed by atoms with van der Waals surface area (Å²) in [6, 6.07) is 0. The van der Waals surface area contributed by atoms with Gasteiger partial charge in [-0.15, -0.1) is 12.3 Å². The number of anilines is 1. The molecule has 0 amide bonds. The predicted molar refractivity (Wildman–Crippen MR) is 108 cm³/mol. The minimum absolute atomic E-state index is 0.00291. The van der Waals surface area contributed by atoms with Crippen molar-refractivity contribution in [2.24, 2.45) is 0 Å². The van der Waals surface area contributed by atoms with Gasteiger partial charge in [-0.25, -0.2) is 28.6 Å². The maximum Gasteiger partial charge on any atom is 0.490 e. The fourth-order valence-corrected chi connectivity index (χ4v) is 6.21. The second kappa shape index (κ2) is 9.34. The van der Waals surface area contributed by atoms with Crippen LogP contribution in [0.25, 0.3) is 11.2 Å². The second-order valence-electron chi connectivity index (χ2n) is 6.75. The lowest BCUT2D eigenvalue weighted by Crippen LogP contribution is -2.45. The van der Waals surface area contributed by atoms with Crippen LogP contribution in [0.1, 0.15) is 6.42 Å². The van der Waals surface area contributed by atoms with Crippen LogP contribution in [0.15, 0.2) is 12.7 Å². The quantitative estimate of drug-likeness (QED) is 0.140. The van der Waals surface area contributed by atoms with Crippen molar-refractivity contribution in [3.05, 3.63) is 12.7 Å². The van der Waals surface area contributed by atoms with E-state index in [1.165, 1.54) is 4.57 Å². The normalized spacial score (nSPS) is 28.9. The van der Waals surface area contributed by atoms with Gasteiger partial charge in [-0.05, 0) is 0 Å². The fraction of sp³-hybridized carbons (Fsp3) is 0.462. The number of rotatable bonds is 9. The number of aliphatic hydroxyl groups excluding tert-OH is 2. The molecule has 0 saturated carbocycles. The molecular weight excluding hydrogens is 527 g/mol. The largest absolute Gasteiger partial charge is 0.490 e. The Balaban J connectivity index is 1.83. The van der Waals surface area contributed by atoms with E-state index in [9.17, 15) is 33.7 Å². The summed E-state index contributed by atoms with van der Waals surface area (Å²) < 4.78 is 52.6. The Morgan fingerprint density at radius 3 is 2.44 bits per heavy atom. The van der Waals surface area contributed by atoms with Crippen LogP contribution in [0.3, 0.4) is 0 Å². The lowest BCUT2D eigenvalue weighted by atomic mass is 9.99. The third-order valence-corrected chi connectivity index (χ3v) is 8.27. The van der Waals surface area contributed by atoms with Crippen molar-refractivity contribution in [1.82, 2.24) is 19.5 Å². The van der Waals surface area contributed by atoms with Crippen LogP contribution in [-0.2, 0) is 37.3 Å². The van der Waals surface area contributed by atoms with Crippen LogP contribution in [0.5, 0.6) is 0 Å². The second-order valence-corrected chi connectivity index (χ2v) is 11.2. The molecule has 2 aromatic rings. The highest BCUT2D eigenvalue weighted by molar-refractivity contribution is 7.66. The van der Waals surface area contributed by atoms with Gasteiger partial charge in [0.25, 0.3) is 0 Å². The topological polar surface area (TPSA) is 279 Å². The highest BCUT2D eigenvalue weighted by Crippen LogP contribution is 2.66. The van der Waals surface area contributed by atoms with Gasteiger partial charge in [-0.2, -0.15) is 8.62 Å². The smallest absolute Gasteiger partial charge is 0.387 e. The Hall–Kier alpha value is -1.80. The number of hydrogen-bond donors (Lipinski definition) is 7. The first-order valence-electron chi connectivity index (χ1n) is 8.80. The molecule has 1 fully saturated rings. The molecule has 2 unspecified atom stereocenters. The molecule has 188 valence electrons. The van der Waals surface area contributed by atoms with E-state index in [2.05, 4.69) is 34.0 Å². The lowest BCUT2D eigenvalue weighted by molar-refractivity contribution is -0.141. The molecule has 18 nitrogen and oxygen atoms in total. The molecule has 1 aliphatic heterocycles. The molecule has 0 spiro atoms. The molecule has 0 aliphatic carbocycles. The van der Waals surface area contributed by atoms with E-state index in [0.29, 0.717) is 0 Å². The van der Waals surface area contributed by atoms with Crippen LogP contribution in [0.4, 0.5) is 5.82 Å². The molecule has 21 heteroatoms. The van der Waals surface area contributed by atoms with Gasteiger partial charge in [0.2, 0.25) is 0 Å². The number of phosphoric ester groups is 1. The average molecular weight is 545 g/mol. The zero-order valence-corrected chi connectivity index (χ0v) is 19.3. The number of aromatic nitrogens is 4. The summed E-state index contributed by atoms with van der Waals surface area (Å²) in [6.07, 6.45) is 2.15. The maximum atomic E-state index is 12.0. The Labute approximate surface area is 189 Å². The van der Waals surface area contributed by atoms with E-state index >= 15 is 0 Å². The molecule has 6 atom stereocenters. The van der Waals surface area contributed by atoms with Crippen LogP contribution in [0.2, 0.25) is 0 Å². The molecule has 3 rings (SSSR count). The predicted octanol–water partition coefficient (Wildman–Crippen LogP) is -1.45. The maximum absolute atomic E-state index is 12.0. The van der Waals surface area contributed by atoms with Gasteiger partial charge in [-0.3, -0.25) is 9.09 Å². The molecule has 0 radical (unpaired) electrons. The van der Waals surface area contributed by atoms with Gasteiger partial charge in [0, 0.05) is 0 Å². The van der Waals surface area contributed by atoms with Gasteiger partial charge in [0.15, 0.2) is 17.2 Å². The molecule has 1 aliphatic rings. The van der Waals surface area contributed by atoms with Gasteiger partial charge < -0.3 is 40.3 Å². The molecule has 34 heavy (non-hydrogen) atoms. The zero-order valence-electron chi connectivity index (χ0n) is 16.6. The van der Waals surface area contributed by atoms with Crippen molar-refractivity contribution in [1.29, 1.82) is 0 Å². The number of phosphoric acid groups is 3. The number of imidazole rings is 1. The van der Waals surface area contributed by atoms with Gasteiger partial charge in [0.1, 0.15) is 30.2 Å². The summed E-state index contributed by atoms with van der Waals surface area (Å²) in [5.41, 5.74) is 4.03. The summed E-state index contributed by atoms with van der Waals surface area (Å²) in [6.45, 7) is -1.03. The summed E-state index contributed by atoms with van der Waals surface area (Å²) in [5, 5.41) is 21.2. The SMILES string of the molecule is C#CC[C@@]1(n2cnc3c(N)ncnc32)O[C@H](COP(=O)(O)OP(=O)(O)OP(=O)(O)O)[C@@H](O)[C@H]1O. The van der Waals surface area contributed by atoms with Gasteiger partial charge in [-0.1, -0.05) is 0 Å². The van der Waals surface area contributed by atoms with Crippen molar-refractivity contribution in [3.63, 3.8) is 0 Å². The van der Waals surface area contributed by atoms with Crippen molar-refractivity contribution < 1.29 is 61.4 Å². The van der Waals surface area contributed by atoms with Crippen LogP contribution in [0, 0.1) is 12.3 Å². The molecule has 2 aromatic heterocycles. The van der Waals surface area contributed by atoms with Crippen LogP contribution >= 0.6 is 23.5 Å². The summed E-state index contributed by atoms with van der Waals surface area (Å²) in [5.74, 6) is 2.26. The number of nitrogen functional groups attached to an aromatic ring is 1. The number of terminal acetylenes is 1. The Morgan fingerprint density at radius 1 is 1.15 bits per heavy atom. The summed E-state index contributed by atoms with van der Waals surface area (Å²) in [4.78, 5) is 47.7. The van der Waals surface area contributed by atoms with E-state index in [0.717, 1.165) is 12.7 Å². The standard InChI is InChI=1S/C13H18N5O13P3/c1-2-3-13(18-6-17-8-11(14)15-5-16-12(8)18)10(20)9(19)7(29-13)4-28-33(24,25)31-34(26,27)30-32(21,22)23/h1,5-7,9-10,19-20H,3-4H2,(H,24,25)(H,26,27)(H2,14,15,16)(H2,21,22,23)/t7-,9-,10-,13-/m1/s1. The first-order valence-corrected chi connectivity index (χ1v) is 13.3. The van der Waals surface area contributed by atoms with Gasteiger partial charge >= 0.3 is 23.5 Å². The monoisotopic (exact) mass is 545 g/mol. The highest BCUT2D eigenvalue weighted by atomic mass is 31.3. The van der Waals surface area contributed by atoms with E-state index in [1.807, 2.05) is 0 Å². The van der Waals surface area contributed by atoms with E-state index in [-0.39, 0.29) is 23.4 Å². The number of aliphatic hydroxyl groups is 2. The molecule has 1 saturated heterocycles. The average Bonchev–Trinajstić information content (AvgIpc) is 3.21. The van der Waals surface area contributed by atoms with Crippen molar-refractivity contribution in [2.45, 2.75) is 30.5 Å². The summed E-state index contributed by atoms with van der Waals surface area (Å²) >= 11 is 0. The minimum atomic E-state index is -5.75. The number of hydrogen-bond acceptors (Lipinski definition) is 13. The molecular formula is C13H18N5O13P3. The molecule has 3 heterocycles. The third-order valence-electron chi connectivity index (χ3n) is 4.46. The highest BCUT2D eigenvalue weighted by Gasteiger charge is 2.56. The zero-order chi connectivity index (χ0) is 25.5. The van der Waals surface area contributed by atoms with E-state index < -0.39 is 54.1 Å². The van der Waals surface area contributed by atoms with Crippen LogP contribution in [-0.4, -0.2) is 74.2 Å². The molecule has 0 aromatic carbocycles. The first kappa shape index (κ1) is 26.8. The minimum Gasteiger partial charge on any atom is -0.387 e. The molecule has 8 N–H and O–H groups in total. The van der Waals surface area contributed by atoms with Crippen molar-refractivity contribution >= 4 is 40.4 Å². The molecule has 0 bridgehead atoms. The van der Waals surface area contributed by atoms with Gasteiger partial charge in [0.05, 0.1) is 19.4 Å². The third kappa shape index (κ3) is 5.54. The first-order chi connectivity index (χ1) is 15.6. The lowest BCUT2D eigenvalue weighted by Gasteiger charge is -2.32. The number of nitrogens with two attached hydrogens (primary N) is 1. The van der Waals surface area contributed by atoms with E-state index in [1.54, 1.807) is 0 Å². The number of nitrogens with zero attached hydrogens (tertiary/aromatic N) is 4. The van der Waals surface area contributed by atoms with E-state index in [4.69, 9.17) is 26.7 Å². The Bertz CT molecular complexity index is 1260. The number of ether oxygens (including phenoxy) is 1. The Morgan fingerprint density at radius 2 is 1.82 bits per heavy atom. The van der Waals surface area contributed by atoms with Crippen molar-refractivity contribution in [3.8, 4) is 12.3 Å². The Kier molecular flexibility index (Phi) is 7.36. The fourth-order valence-electron chi connectivity index (χ4n) is 3.18. The van der Waals surface area contributed by atoms with Crippen LogP contribution < -0.4 is 5.73 Å². The van der Waals surface area contributed by atoms with Crippen molar-refractivity contribution in [2.75, 3.05) is 12.3 Å². The number of fused-ring (bicyclic) bond motifs is 1.